The first-order valence-corrected chi connectivity index (χ1v) is 9.78. The lowest BCUT2D eigenvalue weighted by atomic mass is 9.51. The van der Waals surface area contributed by atoms with Gasteiger partial charge in [-0.15, -0.1) is 0 Å². The molecule has 0 N–H and O–H groups in total. The van der Waals surface area contributed by atoms with Crippen molar-refractivity contribution in [2.45, 2.75) is 71.0 Å². The number of allylic oxidation sites excluding steroid dienone is 4. The lowest BCUT2D eigenvalue weighted by Crippen LogP contribution is -2.51. The summed E-state index contributed by atoms with van der Waals surface area (Å²) in [5.41, 5.74) is 4.10. The average Bonchev–Trinajstić information content (AvgIpc) is 3.14. The van der Waals surface area contributed by atoms with E-state index in [1.165, 1.54) is 44.9 Å². The van der Waals surface area contributed by atoms with Crippen LogP contribution in [0.1, 0.15) is 65.2 Å². The molecule has 4 aliphatic carbocycles. The molecule has 0 amide bonds. The van der Waals surface area contributed by atoms with Gasteiger partial charge in [-0.05, 0) is 55.8 Å². The van der Waals surface area contributed by atoms with E-state index in [9.17, 15) is 0 Å². The first-order chi connectivity index (χ1) is 11.1. The molecule has 0 aromatic rings. The van der Waals surface area contributed by atoms with Crippen molar-refractivity contribution in [3.05, 3.63) is 23.3 Å². The smallest absolute Gasteiger partial charge is 0.174 e. The minimum atomic E-state index is -0.277. The molecule has 3 saturated carbocycles. The van der Waals surface area contributed by atoms with Crippen LogP contribution in [0.4, 0.5) is 0 Å². The molecule has 2 heteroatoms. The summed E-state index contributed by atoms with van der Waals surface area (Å²) in [5, 5.41) is 0. The van der Waals surface area contributed by atoms with Crippen molar-refractivity contribution >= 4 is 0 Å². The minimum absolute atomic E-state index is 0.183. The summed E-state index contributed by atoms with van der Waals surface area (Å²) in [5.74, 6) is 1.16. The van der Waals surface area contributed by atoms with E-state index < -0.39 is 0 Å². The number of hydrogen-bond donors (Lipinski definition) is 0. The summed E-state index contributed by atoms with van der Waals surface area (Å²) in [7, 11) is 0. The molecule has 0 aromatic carbocycles. The van der Waals surface area contributed by atoms with Gasteiger partial charge >= 0.3 is 0 Å². The summed E-state index contributed by atoms with van der Waals surface area (Å²) in [6, 6.07) is 0. The van der Waals surface area contributed by atoms with E-state index >= 15 is 0 Å². The van der Waals surface area contributed by atoms with Crippen LogP contribution in [0.2, 0.25) is 0 Å². The van der Waals surface area contributed by atoms with E-state index in [-0.39, 0.29) is 11.2 Å². The van der Waals surface area contributed by atoms with Gasteiger partial charge in [0.25, 0.3) is 0 Å². The van der Waals surface area contributed by atoms with Gasteiger partial charge in [-0.1, -0.05) is 43.6 Å². The van der Waals surface area contributed by atoms with Gasteiger partial charge in [-0.2, -0.15) is 0 Å². The van der Waals surface area contributed by atoms with Crippen LogP contribution >= 0.6 is 0 Å². The fourth-order valence-electron chi connectivity index (χ4n) is 6.93. The molecule has 0 radical (unpaired) electrons. The first-order valence-electron chi connectivity index (χ1n) is 9.78. The lowest BCUT2D eigenvalue weighted by Gasteiger charge is -2.55. The Labute approximate surface area is 140 Å². The van der Waals surface area contributed by atoms with Gasteiger partial charge in [-0.25, -0.2) is 0 Å². The van der Waals surface area contributed by atoms with E-state index in [0.29, 0.717) is 11.3 Å². The van der Waals surface area contributed by atoms with E-state index in [1.54, 1.807) is 11.1 Å². The molecule has 1 spiro atoms. The molecule has 1 heterocycles. The molecule has 0 aromatic heterocycles. The molecule has 1 saturated heterocycles. The maximum atomic E-state index is 6.22. The SMILES string of the molecule is C[C@]12CCCCC1=CC=C1C2CC[C@@]2(C)C1CCC21OCCO1. The second-order valence-electron chi connectivity index (χ2n) is 9.03. The number of hydrogen-bond acceptors (Lipinski definition) is 2. The Morgan fingerprint density at radius 1 is 0.913 bits per heavy atom. The van der Waals surface area contributed by atoms with Crippen LogP contribution in [0.3, 0.4) is 0 Å². The van der Waals surface area contributed by atoms with Crippen LogP contribution in [0.5, 0.6) is 0 Å². The zero-order chi connectivity index (χ0) is 15.7. The molecular weight excluding hydrogens is 284 g/mol. The number of ether oxygens (including phenoxy) is 2. The Bertz CT molecular complexity index is 583. The average molecular weight is 314 g/mol. The zero-order valence-corrected chi connectivity index (χ0v) is 14.7. The van der Waals surface area contributed by atoms with Gasteiger partial charge in [0.2, 0.25) is 0 Å². The molecule has 2 nitrogen and oxygen atoms in total. The van der Waals surface area contributed by atoms with Crippen molar-refractivity contribution in [1.29, 1.82) is 0 Å². The normalized spacial score (nSPS) is 47.6. The van der Waals surface area contributed by atoms with Crippen molar-refractivity contribution in [2.75, 3.05) is 13.2 Å². The van der Waals surface area contributed by atoms with Crippen LogP contribution in [0.25, 0.3) is 0 Å². The standard InChI is InChI=1S/C21H30O2/c1-19-10-4-3-5-15(19)6-7-16-17(19)8-11-20(2)18(16)9-12-21(20)22-13-14-23-21/h6-7,17-18H,3-5,8-14H2,1-2H3/t17?,18?,19-,20-/m0/s1. The highest BCUT2D eigenvalue weighted by Gasteiger charge is 2.65. The monoisotopic (exact) mass is 314 g/mol. The molecule has 5 rings (SSSR count). The Morgan fingerprint density at radius 2 is 1.70 bits per heavy atom. The zero-order valence-electron chi connectivity index (χ0n) is 14.7. The predicted molar refractivity (Wildman–Crippen MR) is 90.9 cm³/mol. The molecule has 1 aliphatic heterocycles. The molecule has 4 fully saturated rings. The number of fused-ring (bicyclic) bond motifs is 6. The van der Waals surface area contributed by atoms with Crippen molar-refractivity contribution < 1.29 is 9.47 Å². The topological polar surface area (TPSA) is 18.5 Å². The van der Waals surface area contributed by atoms with Crippen LogP contribution < -0.4 is 0 Å². The van der Waals surface area contributed by atoms with E-state index in [2.05, 4.69) is 26.0 Å². The lowest BCUT2D eigenvalue weighted by molar-refractivity contribution is -0.229. The van der Waals surface area contributed by atoms with Gasteiger partial charge in [0.15, 0.2) is 5.79 Å². The maximum absolute atomic E-state index is 6.22. The summed E-state index contributed by atoms with van der Waals surface area (Å²) in [6.07, 6.45) is 15.5. The minimum Gasteiger partial charge on any atom is -0.347 e. The third-order valence-electron chi connectivity index (χ3n) is 8.28. The largest absolute Gasteiger partial charge is 0.347 e. The molecule has 5 aliphatic rings. The third kappa shape index (κ3) is 1.72. The summed E-state index contributed by atoms with van der Waals surface area (Å²) < 4.78 is 12.4. The van der Waals surface area contributed by atoms with Crippen molar-refractivity contribution in [2.24, 2.45) is 22.7 Å². The van der Waals surface area contributed by atoms with Crippen LogP contribution in [-0.2, 0) is 9.47 Å². The fourth-order valence-corrected chi connectivity index (χ4v) is 6.93. The highest BCUT2D eigenvalue weighted by Crippen LogP contribution is 2.67. The molecule has 126 valence electrons. The van der Waals surface area contributed by atoms with Crippen LogP contribution in [0, 0.1) is 22.7 Å². The molecule has 23 heavy (non-hydrogen) atoms. The van der Waals surface area contributed by atoms with E-state index in [1.807, 2.05) is 0 Å². The number of rotatable bonds is 0. The Morgan fingerprint density at radius 3 is 2.52 bits per heavy atom. The molecule has 0 bridgehead atoms. The predicted octanol–water partition coefficient (Wildman–Crippen LogP) is 5.00. The Hall–Kier alpha value is -0.600. The van der Waals surface area contributed by atoms with Gasteiger partial charge in [0.05, 0.1) is 13.2 Å². The highest BCUT2D eigenvalue weighted by atomic mass is 16.7. The summed E-state index contributed by atoms with van der Waals surface area (Å²) in [4.78, 5) is 0. The van der Waals surface area contributed by atoms with Gasteiger partial charge in [0, 0.05) is 11.8 Å². The van der Waals surface area contributed by atoms with Gasteiger partial charge in [0.1, 0.15) is 0 Å². The second kappa shape index (κ2) is 4.73. The second-order valence-corrected chi connectivity index (χ2v) is 9.03. The maximum Gasteiger partial charge on any atom is 0.174 e. The highest BCUT2D eigenvalue weighted by molar-refractivity contribution is 5.39. The Kier molecular flexibility index (Phi) is 3.03. The third-order valence-corrected chi connectivity index (χ3v) is 8.28. The van der Waals surface area contributed by atoms with Crippen LogP contribution in [-0.4, -0.2) is 19.0 Å². The quantitative estimate of drug-likeness (QED) is 0.626. The van der Waals surface area contributed by atoms with Gasteiger partial charge in [-0.3, -0.25) is 0 Å². The summed E-state index contributed by atoms with van der Waals surface area (Å²) >= 11 is 0. The van der Waals surface area contributed by atoms with E-state index in [4.69, 9.17) is 9.47 Å². The van der Waals surface area contributed by atoms with Crippen molar-refractivity contribution in [3.63, 3.8) is 0 Å². The van der Waals surface area contributed by atoms with Gasteiger partial charge < -0.3 is 9.47 Å². The molecular formula is C21H30O2. The molecule has 4 atom stereocenters. The van der Waals surface area contributed by atoms with Crippen molar-refractivity contribution in [1.82, 2.24) is 0 Å². The fraction of sp³-hybridized carbons (Fsp3) is 0.810. The molecule has 2 unspecified atom stereocenters. The Balaban J connectivity index is 1.55. The summed E-state index contributed by atoms with van der Waals surface area (Å²) in [6.45, 7) is 6.58. The van der Waals surface area contributed by atoms with Crippen LogP contribution in [0.15, 0.2) is 23.3 Å². The van der Waals surface area contributed by atoms with Crippen molar-refractivity contribution in [3.8, 4) is 0 Å². The van der Waals surface area contributed by atoms with E-state index in [0.717, 1.165) is 25.6 Å². The first kappa shape index (κ1) is 14.7.